The molecule has 144 valence electrons. The van der Waals surface area contributed by atoms with Crippen LogP contribution in [0.3, 0.4) is 0 Å². The van der Waals surface area contributed by atoms with Gasteiger partial charge in [0.05, 0.1) is 33.3 Å². The van der Waals surface area contributed by atoms with Crippen LogP contribution < -0.4 is 10.1 Å². The molecule has 3 rings (SSSR count). The summed E-state index contributed by atoms with van der Waals surface area (Å²) in [5.74, 6) is -0.235. The molecule has 0 spiro atoms. The highest BCUT2D eigenvalue weighted by molar-refractivity contribution is 6.42. The number of nitro benzene ring substituents is 1. The molecule has 1 amide bonds. The number of amides is 1. The largest absolute Gasteiger partial charge is 0.494 e. The first kappa shape index (κ1) is 19.7. The lowest BCUT2D eigenvalue weighted by atomic mass is 10.1. The van der Waals surface area contributed by atoms with E-state index in [1.807, 2.05) is 0 Å². The zero-order valence-corrected chi connectivity index (χ0v) is 16.0. The molecule has 0 unspecified atom stereocenters. The lowest BCUT2D eigenvalue weighted by Gasteiger charge is -2.07. The average Bonchev–Trinajstić information content (AvgIpc) is 3.15. The van der Waals surface area contributed by atoms with Gasteiger partial charge in [0.25, 0.3) is 11.6 Å². The molecule has 0 aliphatic carbocycles. The van der Waals surface area contributed by atoms with Crippen LogP contribution in [0.15, 0.2) is 42.5 Å². The first-order valence-electron chi connectivity index (χ1n) is 8.12. The molecule has 0 radical (unpaired) electrons. The van der Waals surface area contributed by atoms with Crippen LogP contribution in [0.5, 0.6) is 5.75 Å². The Morgan fingerprint density at radius 1 is 1.21 bits per heavy atom. The number of H-pyrrole nitrogens is 1. The minimum Gasteiger partial charge on any atom is -0.494 e. The molecule has 1 aromatic heterocycles. The van der Waals surface area contributed by atoms with Crippen LogP contribution in [-0.2, 0) is 0 Å². The quantitative estimate of drug-likeness (QED) is 0.433. The van der Waals surface area contributed by atoms with Gasteiger partial charge in [-0.25, -0.2) is 0 Å². The fourth-order valence-electron chi connectivity index (χ4n) is 2.46. The number of benzene rings is 2. The number of carbonyl (C=O) groups is 1. The topological polar surface area (TPSA) is 110 Å². The molecule has 0 fully saturated rings. The van der Waals surface area contributed by atoms with E-state index in [1.165, 1.54) is 18.2 Å². The van der Waals surface area contributed by atoms with Crippen LogP contribution in [0.1, 0.15) is 17.4 Å². The molecule has 10 heteroatoms. The molecule has 1 heterocycles. The van der Waals surface area contributed by atoms with Crippen LogP contribution in [-0.4, -0.2) is 27.6 Å². The summed E-state index contributed by atoms with van der Waals surface area (Å²) in [6.07, 6.45) is 0. The average molecular weight is 421 g/mol. The van der Waals surface area contributed by atoms with Crippen LogP contribution in [0.25, 0.3) is 11.3 Å². The van der Waals surface area contributed by atoms with Crippen molar-refractivity contribution in [1.29, 1.82) is 0 Å². The second kappa shape index (κ2) is 8.28. The number of nitro groups is 1. The van der Waals surface area contributed by atoms with Crippen LogP contribution >= 0.6 is 23.2 Å². The highest BCUT2D eigenvalue weighted by atomic mass is 35.5. The van der Waals surface area contributed by atoms with Crippen molar-refractivity contribution >= 4 is 40.5 Å². The first-order chi connectivity index (χ1) is 13.4. The van der Waals surface area contributed by atoms with Crippen molar-refractivity contribution in [2.45, 2.75) is 6.92 Å². The number of carbonyl (C=O) groups excluding carboxylic acids is 1. The van der Waals surface area contributed by atoms with Crippen molar-refractivity contribution in [1.82, 2.24) is 10.2 Å². The zero-order valence-electron chi connectivity index (χ0n) is 14.5. The number of nitrogens with zero attached hydrogens (tertiary/aromatic N) is 2. The van der Waals surface area contributed by atoms with Gasteiger partial charge in [-0.05, 0) is 37.3 Å². The molecular formula is C18H14Cl2N4O4. The molecule has 0 aliphatic heterocycles. The van der Waals surface area contributed by atoms with Gasteiger partial charge in [0.2, 0.25) is 0 Å². The maximum Gasteiger partial charge on any atom is 0.296 e. The summed E-state index contributed by atoms with van der Waals surface area (Å²) >= 11 is 11.9. The van der Waals surface area contributed by atoms with E-state index in [-0.39, 0.29) is 17.1 Å². The van der Waals surface area contributed by atoms with Crippen molar-refractivity contribution in [3.05, 3.63) is 68.3 Å². The number of anilines is 1. The Morgan fingerprint density at radius 2 is 2.00 bits per heavy atom. The van der Waals surface area contributed by atoms with Gasteiger partial charge in [0, 0.05) is 5.56 Å². The fraction of sp³-hybridized carbons (Fsp3) is 0.111. The van der Waals surface area contributed by atoms with E-state index in [4.69, 9.17) is 27.9 Å². The van der Waals surface area contributed by atoms with Gasteiger partial charge in [-0.1, -0.05) is 29.3 Å². The molecule has 0 bridgehead atoms. The SMILES string of the molecule is CCOc1ccc(NC(=O)c2cc(-c3ccc(Cl)c(Cl)c3)n[nH]2)c([N+](=O)[O-])c1. The number of hydrogen-bond donors (Lipinski definition) is 2. The monoisotopic (exact) mass is 420 g/mol. The third-order valence-electron chi connectivity index (χ3n) is 3.76. The minimum atomic E-state index is -0.591. The van der Waals surface area contributed by atoms with Gasteiger partial charge >= 0.3 is 0 Å². The van der Waals surface area contributed by atoms with Gasteiger partial charge in [-0.3, -0.25) is 20.0 Å². The Kier molecular flexibility index (Phi) is 5.81. The molecule has 0 saturated heterocycles. The number of nitrogens with one attached hydrogen (secondary N) is 2. The molecule has 2 aromatic carbocycles. The fourth-order valence-corrected chi connectivity index (χ4v) is 2.75. The van der Waals surface area contributed by atoms with Crippen molar-refractivity contribution in [2.24, 2.45) is 0 Å². The summed E-state index contributed by atoms with van der Waals surface area (Å²) in [4.78, 5) is 23.2. The van der Waals surface area contributed by atoms with Gasteiger partial charge < -0.3 is 10.1 Å². The Bertz CT molecular complexity index is 1050. The summed E-state index contributed by atoms with van der Waals surface area (Å²) in [5, 5.41) is 21.3. The first-order valence-corrected chi connectivity index (χ1v) is 8.88. The van der Waals surface area contributed by atoms with E-state index in [0.717, 1.165) is 0 Å². The van der Waals surface area contributed by atoms with Gasteiger partial charge in [-0.15, -0.1) is 0 Å². The zero-order chi connectivity index (χ0) is 20.3. The summed E-state index contributed by atoms with van der Waals surface area (Å²) < 4.78 is 5.26. The minimum absolute atomic E-state index is 0.0455. The van der Waals surface area contributed by atoms with Crippen LogP contribution in [0.2, 0.25) is 10.0 Å². The standard InChI is InChI=1S/C18H14Cl2N4O4/c1-2-28-11-4-6-14(17(8-11)24(26)27)21-18(25)16-9-15(22-23-16)10-3-5-12(19)13(20)7-10/h3-9H,2H2,1H3,(H,21,25)(H,22,23). The van der Waals surface area contributed by atoms with E-state index in [1.54, 1.807) is 31.2 Å². The number of aromatic nitrogens is 2. The molecule has 0 atom stereocenters. The van der Waals surface area contributed by atoms with E-state index >= 15 is 0 Å². The normalized spacial score (nSPS) is 10.5. The van der Waals surface area contributed by atoms with Crippen molar-refractivity contribution < 1.29 is 14.5 Å². The third-order valence-corrected chi connectivity index (χ3v) is 4.50. The summed E-state index contributed by atoms with van der Waals surface area (Å²) in [7, 11) is 0. The molecule has 0 saturated carbocycles. The smallest absolute Gasteiger partial charge is 0.296 e. The predicted molar refractivity (Wildman–Crippen MR) is 106 cm³/mol. The van der Waals surface area contributed by atoms with E-state index in [0.29, 0.717) is 33.7 Å². The Balaban J connectivity index is 1.83. The summed E-state index contributed by atoms with van der Waals surface area (Å²) in [6.45, 7) is 2.14. The van der Waals surface area contributed by atoms with Crippen molar-refractivity contribution in [3.8, 4) is 17.0 Å². The Morgan fingerprint density at radius 3 is 2.68 bits per heavy atom. The van der Waals surface area contributed by atoms with Crippen LogP contribution in [0, 0.1) is 10.1 Å². The lowest BCUT2D eigenvalue weighted by Crippen LogP contribution is -2.13. The van der Waals surface area contributed by atoms with E-state index < -0.39 is 10.8 Å². The number of hydrogen-bond acceptors (Lipinski definition) is 5. The number of rotatable bonds is 6. The second-order valence-corrected chi connectivity index (χ2v) is 6.43. The molecule has 28 heavy (non-hydrogen) atoms. The van der Waals surface area contributed by atoms with Crippen molar-refractivity contribution in [2.75, 3.05) is 11.9 Å². The maximum atomic E-state index is 12.5. The number of ether oxygens (including phenoxy) is 1. The lowest BCUT2D eigenvalue weighted by molar-refractivity contribution is -0.384. The second-order valence-electron chi connectivity index (χ2n) is 5.62. The summed E-state index contributed by atoms with van der Waals surface area (Å²) in [6, 6.07) is 10.7. The highest BCUT2D eigenvalue weighted by Crippen LogP contribution is 2.30. The Labute approximate surface area is 169 Å². The van der Waals surface area contributed by atoms with Gasteiger partial charge in [0.1, 0.15) is 17.1 Å². The molecule has 0 aliphatic rings. The molecule has 2 N–H and O–H groups in total. The molecule has 8 nitrogen and oxygen atoms in total. The summed E-state index contributed by atoms with van der Waals surface area (Å²) in [5.41, 5.74) is 1.04. The molecular weight excluding hydrogens is 407 g/mol. The highest BCUT2D eigenvalue weighted by Gasteiger charge is 2.19. The van der Waals surface area contributed by atoms with Crippen molar-refractivity contribution in [3.63, 3.8) is 0 Å². The van der Waals surface area contributed by atoms with E-state index in [2.05, 4.69) is 15.5 Å². The Hall–Kier alpha value is -3.10. The predicted octanol–water partition coefficient (Wildman–Crippen LogP) is 4.94. The third kappa shape index (κ3) is 4.24. The van der Waals surface area contributed by atoms with E-state index in [9.17, 15) is 14.9 Å². The number of aromatic amines is 1. The van der Waals surface area contributed by atoms with Gasteiger partial charge in [-0.2, -0.15) is 5.10 Å². The maximum absolute atomic E-state index is 12.5. The molecule has 3 aromatic rings. The van der Waals surface area contributed by atoms with Crippen LogP contribution in [0.4, 0.5) is 11.4 Å². The number of halogens is 2. The van der Waals surface area contributed by atoms with Gasteiger partial charge in [0.15, 0.2) is 0 Å².